The Labute approximate surface area is 99.1 Å². The quantitative estimate of drug-likeness (QED) is 0.855. The fourth-order valence-corrected chi connectivity index (χ4v) is 4.13. The molecule has 2 rings (SSSR count). The Kier molecular flexibility index (Phi) is 3.41. The summed E-state index contributed by atoms with van der Waals surface area (Å²) in [7, 11) is -3.49. The smallest absolute Gasteiger partial charge is 0.240 e. The van der Waals surface area contributed by atoms with E-state index in [0.29, 0.717) is 0 Å². The Morgan fingerprint density at radius 2 is 2.25 bits per heavy atom. The second-order valence-electron chi connectivity index (χ2n) is 3.68. The molecular weight excluding hydrogens is 246 g/mol. The first kappa shape index (κ1) is 11.8. The number of nitrogens with one attached hydrogen (secondary N) is 1. The van der Waals surface area contributed by atoms with Crippen molar-refractivity contribution < 1.29 is 13.5 Å². The molecule has 6 heteroatoms. The normalized spacial score (nSPS) is 21.1. The molecule has 4 nitrogen and oxygen atoms in total. The highest BCUT2D eigenvalue weighted by molar-refractivity contribution is 7.99. The first-order valence-corrected chi connectivity index (χ1v) is 7.61. The number of sulfonamides is 1. The van der Waals surface area contributed by atoms with E-state index >= 15 is 0 Å². The maximum Gasteiger partial charge on any atom is 0.240 e. The van der Waals surface area contributed by atoms with Gasteiger partial charge in [-0.2, -0.15) is 11.8 Å². The van der Waals surface area contributed by atoms with Crippen LogP contribution in [0.5, 0.6) is 5.75 Å². The van der Waals surface area contributed by atoms with Crippen molar-refractivity contribution in [3.8, 4) is 5.75 Å². The fourth-order valence-electron chi connectivity index (χ4n) is 1.57. The monoisotopic (exact) mass is 259 g/mol. The van der Waals surface area contributed by atoms with Crippen molar-refractivity contribution in [2.45, 2.75) is 17.4 Å². The highest BCUT2D eigenvalue weighted by Gasteiger charge is 2.23. The summed E-state index contributed by atoms with van der Waals surface area (Å²) in [4.78, 5) is 0.115. The van der Waals surface area contributed by atoms with Gasteiger partial charge in [-0.05, 0) is 30.4 Å². The number of benzene rings is 1. The van der Waals surface area contributed by atoms with Crippen molar-refractivity contribution in [1.82, 2.24) is 4.72 Å². The summed E-state index contributed by atoms with van der Waals surface area (Å²) in [5.41, 5.74) is 0. The Balaban J connectivity index is 2.18. The molecule has 0 aliphatic carbocycles. The average Bonchev–Trinajstić information content (AvgIpc) is 2.70. The van der Waals surface area contributed by atoms with Crippen LogP contribution in [0.1, 0.15) is 6.42 Å². The standard InChI is InChI=1S/C10H13NO3S2/c12-9-2-1-3-10(6-9)16(13,14)11-8-4-5-15-7-8/h1-3,6,8,11-12H,4-5,7H2. The van der Waals surface area contributed by atoms with E-state index < -0.39 is 10.0 Å². The zero-order chi connectivity index (χ0) is 11.6. The number of hydrogen-bond acceptors (Lipinski definition) is 4. The summed E-state index contributed by atoms with van der Waals surface area (Å²) in [6, 6.07) is 5.71. The van der Waals surface area contributed by atoms with Crippen LogP contribution in [0.3, 0.4) is 0 Å². The molecule has 1 heterocycles. The topological polar surface area (TPSA) is 66.4 Å². The van der Waals surface area contributed by atoms with Gasteiger partial charge in [0.2, 0.25) is 10.0 Å². The number of aromatic hydroxyl groups is 1. The SMILES string of the molecule is O=S(=O)(NC1CCSC1)c1cccc(O)c1. The zero-order valence-corrected chi connectivity index (χ0v) is 10.2. The van der Waals surface area contributed by atoms with Gasteiger partial charge in [-0.25, -0.2) is 13.1 Å². The number of phenolic OH excluding ortho intramolecular Hbond substituents is 1. The van der Waals surface area contributed by atoms with Gasteiger partial charge in [0.25, 0.3) is 0 Å². The third-order valence-electron chi connectivity index (χ3n) is 2.38. The highest BCUT2D eigenvalue weighted by atomic mass is 32.2. The van der Waals surface area contributed by atoms with Crippen LogP contribution in [-0.4, -0.2) is 31.1 Å². The molecule has 2 N–H and O–H groups in total. The molecule has 0 bridgehead atoms. The number of thioether (sulfide) groups is 1. The summed E-state index contributed by atoms with van der Waals surface area (Å²) in [5, 5.41) is 9.24. The van der Waals surface area contributed by atoms with E-state index in [0.717, 1.165) is 17.9 Å². The van der Waals surface area contributed by atoms with Gasteiger partial charge in [0.15, 0.2) is 0 Å². The maximum atomic E-state index is 11.9. The lowest BCUT2D eigenvalue weighted by molar-refractivity contribution is 0.473. The second-order valence-corrected chi connectivity index (χ2v) is 6.54. The number of phenols is 1. The molecule has 88 valence electrons. The Morgan fingerprint density at radius 3 is 2.88 bits per heavy atom. The van der Waals surface area contributed by atoms with Crippen LogP contribution in [0.4, 0.5) is 0 Å². The van der Waals surface area contributed by atoms with Gasteiger partial charge < -0.3 is 5.11 Å². The third-order valence-corrected chi connectivity index (χ3v) is 5.06. The highest BCUT2D eigenvalue weighted by Crippen LogP contribution is 2.21. The molecule has 1 saturated heterocycles. The third kappa shape index (κ3) is 2.69. The molecule has 0 radical (unpaired) electrons. The summed E-state index contributed by atoms with van der Waals surface area (Å²) < 4.78 is 26.5. The number of hydrogen-bond donors (Lipinski definition) is 2. The van der Waals surface area contributed by atoms with E-state index in [1.54, 1.807) is 11.8 Å². The van der Waals surface area contributed by atoms with Crippen molar-refractivity contribution in [1.29, 1.82) is 0 Å². The minimum atomic E-state index is -3.49. The molecule has 1 aliphatic heterocycles. The van der Waals surface area contributed by atoms with E-state index in [9.17, 15) is 13.5 Å². The molecule has 0 aromatic heterocycles. The summed E-state index contributed by atoms with van der Waals surface area (Å²) >= 11 is 1.74. The molecule has 1 fully saturated rings. The Hall–Kier alpha value is -0.720. The average molecular weight is 259 g/mol. The van der Waals surface area contributed by atoms with Crippen LogP contribution in [0.2, 0.25) is 0 Å². The van der Waals surface area contributed by atoms with Gasteiger partial charge in [0.1, 0.15) is 5.75 Å². The van der Waals surface area contributed by atoms with E-state index in [1.807, 2.05) is 0 Å². The Bertz CT molecular complexity index is 467. The number of rotatable bonds is 3. The minimum absolute atomic E-state index is 0.0114. The molecular formula is C10H13NO3S2. The van der Waals surface area contributed by atoms with Crippen molar-refractivity contribution in [3.63, 3.8) is 0 Å². The maximum absolute atomic E-state index is 11.9. The summed E-state index contributed by atoms with van der Waals surface area (Å²) in [6.07, 6.45) is 0.864. The molecule has 0 spiro atoms. The Morgan fingerprint density at radius 1 is 1.44 bits per heavy atom. The van der Waals surface area contributed by atoms with Crippen LogP contribution in [-0.2, 0) is 10.0 Å². The molecule has 1 atom stereocenters. The predicted octanol–water partition coefficient (Wildman–Crippen LogP) is 1.18. The van der Waals surface area contributed by atoms with Crippen LogP contribution >= 0.6 is 11.8 Å². The van der Waals surface area contributed by atoms with Crippen LogP contribution in [0, 0.1) is 0 Å². The molecule has 1 unspecified atom stereocenters. The van der Waals surface area contributed by atoms with Gasteiger partial charge in [-0.3, -0.25) is 0 Å². The van der Waals surface area contributed by atoms with E-state index in [2.05, 4.69) is 4.72 Å². The van der Waals surface area contributed by atoms with E-state index in [4.69, 9.17) is 0 Å². The van der Waals surface area contributed by atoms with Gasteiger partial charge in [0.05, 0.1) is 4.90 Å². The molecule has 16 heavy (non-hydrogen) atoms. The molecule has 1 aliphatic rings. The molecule has 0 amide bonds. The van der Waals surface area contributed by atoms with Gasteiger partial charge in [-0.1, -0.05) is 6.07 Å². The minimum Gasteiger partial charge on any atom is -0.508 e. The largest absolute Gasteiger partial charge is 0.508 e. The molecule has 0 saturated carbocycles. The summed E-state index contributed by atoms with van der Waals surface area (Å²) in [5.74, 6) is 1.77. The van der Waals surface area contributed by atoms with Crippen LogP contribution in [0.15, 0.2) is 29.2 Å². The lowest BCUT2D eigenvalue weighted by atomic mass is 10.3. The lowest BCUT2D eigenvalue weighted by Crippen LogP contribution is -2.34. The van der Waals surface area contributed by atoms with E-state index in [-0.39, 0.29) is 16.7 Å². The van der Waals surface area contributed by atoms with Crippen LogP contribution < -0.4 is 4.72 Å². The second kappa shape index (κ2) is 4.65. The van der Waals surface area contributed by atoms with Crippen molar-refractivity contribution >= 4 is 21.8 Å². The van der Waals surface area contributed by atoms with Gasteiger partial charge >= 0.3 is 0 Å². The molecule has 1 aromatic carbocycles. The molecule has 1 aromatic rings. The predicted molar refractivity (Wildman–Crippen MR) is 64.2 cm³/mol. The fraction of sp³-hybridized carbons (Fsp3) is 0.400. The van der Waals surface area contributed by atoms with Gasteiger partial charge in [-0.15, -0.1) is 0 Å². The zero-order valence-electron chi connectivity index (χ0n) is 8.59. The summed E-state index contributed by atoms with van der Waals surface area (Å²) in [6.45, 7) is 0. The van der Waals surface area contributed by atoms with Gasteiger partial charge in [0, 0.05) is 11.8 Å². The van der Waals surface area contributed by atoms with Crippen molar-refractivity contribution in [3.05, 3.63) is 24.3 Å². The van der Waals surface area contributed by atoms with Crippen LogP contribution in [0.25, 0.3) is 0 Å². The first-order valence-electron chi connectivity index (χ1n) is 4.97. The first-order chi connectivity index (χ1) is 7.58. The van der Waals surface area contributed by atoms with Crippen molar-refractivity contribution in [2.75, 3.05) is 11.5 Å². The van der Waals surface area contributed by atoms with E-state index in [1.165, 1.54) is 24.3 Å². The van der Waals surface area contributed by atoms with Crippen molar-refractivity contribution in [2.24, 2.45) is 0 Å². The lowest BCUT2D eigenvalue weighted by Gasteiger charge is -2.11.